The number of amides is 2. The summed E-state index contributed by atoms with van der Waals surface area (Å²) in [5, 5.41) is 1.15. The van der Waals surface area contributed by atoms with Gasteiger partial charge < -0.3 is 14.8 Å². The molecule has 0 spiro atoms. The number of para-hydroxylation sites is 1. The van der Waals surface area contributed by atoms with Gasteiger partial charge in [-0.1, -0.05) is 78.9 Å². The zero-order chi connectivity index (χ0) is 25.6. The van der Waals surface area contributed by atoms with Gasteiger partial charge in [0.25, 0.3) is 0 Å². The van der Waals surface area contributed by atoms with Crippen LogP contribution in [0, 0.1) is 0 Å². The molecule has 3 aromatic carbocycles. The van der Waals surface area contributed by atoms with Crippen LogP contribution in [-0.4, -0.2) is 63.2 Å². The molecular weight excluding hydrogens is 472 g/mol. The Morgan fingerprint density at radius 1 is 0.816 bits per heavy atom. The van der Waals surface area contributed by atoms with E-state index in [1.54, 1.807) is 0 Å². The SMILES string of the molecule is O=C1[C@@H]2Cc3c([nH]c4ccccc34)[C@H](c3ccccc3)N2C(=O)CN1C1CCN(Cc2ccccc2)CC1. The van der Waals surface area contributed by atoms with Gasteiger partial charge in [-0.3, -0.25) is 14.5 Å². The van der Waals surface area contributed by atoms with Crippen molar-refractivity contribution in [3.63, 3.8) is 0 Å². The Hall–Kier alpha value is -3.90. The molecular formula is C32H32N4O2. The van der Waals surface area contributed by atoms with E-state index in [0.717, 1.165) is 60.2 Å². The Morgan fingerprint density at radius 3 is 2.26 bits per heavy atom. The highest BCUT2D eigenvalue weighted by Crippen LogP contribution is 2.43. The largest absolute Gasteiger partial charge is 0.356 e. The quantitative estimate of drug-likeness (QED) is 0.445. The molecule has 4 aromatic rings. The Balaban J connectivity index is 1.17. The molecule has 1 N–H and O–H groups in total. The molecule has 2 atom stereocenters. The number of aromatic nitrogens is 1. The molecule has 0 bridgehead atoms. The van der Waals surface area contributed by atoms with Crippen LogP contribution in [0.2, 0.25) is 0 Å². The molecule has 6 nitrogen and oxygen atoms in total. The van der Waals surface area contributed by atoms with Gasteiger partial charge in [-0.15, -0.1) is 0 Å². The Kier molecular flexibility index (Phi) is 5.77. The van der Waals surface area contributed by atoms with Crippen LogP contribution in [0.5, 0.6) is 0 Å². The summed E-state index contributed by atoms with van der Waals surface area (Å²) in [7, 11) is 0. The van der Waals surface area contributed by atoms with Gasteiger partial charge in [0.05, 0.1) is 6.04 Å². The molecule has 7 rings (SSSR count). The third-order valence-corrected chi connectivity index (χ3v) is 8.66. The van der Waals surface area contributed by atoms with Crippen LogP contribution >= 0.6 is 0 Å². The van der Waals surface area contributed by atoms with E-state index in [9.17, 15) is 9.59 Å². The zero-order valence-corrected chi connectivity index (χ0v) is 21.4. The third-order valence-electron chi connectivity index (χ3n) is 8.66. The maximum atomic E-state index is 14.1. The summed E-state index contributed by atoms with van der Waals surface area (Å²) in [6.07, 6.45) is 2.36. The van der Waals surface area contributed by atoms with Crippen LogP contribution in [0.1, 0.15) is 41.3 Å². The molecule has 6 heteroatoms. The fourth-order valence-corrected chi connectivity index (χ4v) is 6.81. The molecule has 38 heavy (non-hydrogen) atoms. The van der Waals surface area contributed by atoms with Crippen LogP contribution in [0.15, 0.2) is 84.9 Å². The smallest absolute Gasteiger partial charge is 0.246 e. The lowest BCUT2D eigenvalue weighted by atomic mass is 9.85. The Labute approximate surface area is 222 Å². The maximum absolute atomic E-state index is 14.1. The van der Waals surface area contributed by atoms with Crippen molar-refractivity contribution in [2.75, 3.05) is 19.6 Å². The van der Waals surface area contributed by atoms with Crippen molar-refractivity contribution in [1.29, 1.82) is 0 Å². The number of likely N-dealkylation sites (tertiary alicyclic amines) is 1. The molecule has 192 valence electrons. The predicted octanol–water partition coefficient (Wildman–Crippen LogP) is 4.52. The van der Waals surface area contributed by atoms with Crippen molar-refractivity contribution in [2.45, 2.75) is 43.9 Å². The van der Waals surface area contributed by atoms with E-state index in [1.165, 1.54) is 5.56 Å². The van der Waals surface area contributed by atoms with E-state index < -0.39 is 6.04 Å². The van der Waals surface area contributed by atoms with Gasteiger partial charge in [0.2, 0.25) is 11.8 Å². The average molecular weight is 505 g/mol. The van der Waals surface area contributed by atoms with Crippen molar-refractivity contribution in [3.8, 4) is 0 Å². The minimum atomic E-state index is -0.476. The standard InChI is InChI=1S/C32H32N4O2/c37-29-21-35(24-15-17-34(18-16-24)20-22-9-3-1-4-10-22)32(38)28-19-26-25-13-7-8-14-27(25)33-30(26)31(36(28)29)23-11-5-2-6-12-23/h1-14,24,28,31,33H,15-21H2/t28-,31-/m0/s1. The second-order valence-electron chi connectivity index (χ2n) is 10.9. The van der Waals surface area contributed by atoms with Gasteiger partial charge >= 0.3 is 0 Å². The van der Waals surface area contributed by atoms with Gasteiger partial charge in [0.1, 0.15) is 12.6 Å². The highest BCUT2D eigenvalue weighted by atomic mass is 16.2. The minimum absolute atomic E-state index is 0.0412. The molecule has 2 fully saturated rings. The van der Waals surface area contributed by atoms with Crippen LogP contribution in [-0.2, 0) is 22.6 Å². The van der Waals surface area contributed by atoms with Crippen LogP contribution in [0.3, 0.4) is 0 Å². The summed E-state index contributed by atoms with van der Waals surface area (Å²) in [6.45, 7) is 2.97. The minimum Gasteiger partial charge on any atom is -0.356 e. The molecule has 3 aliphatic heterocycles. The third kappa shape index (κ3) is 3.91. The van der Waals surface area contributed by atoms with Crippen molar-refractivity contribution >= 4 is 22.7 Å². The number of fused-ring (bicyclic) bond motifs is 4. The number of benzene rings is 3. The van der Waals surface area contributed by atoms with Crippen molar-refractivity contribution < 1.29 is 9.59 Å². The molecule has 1 aromatic heterocycles. The van der Waals surface area contributed by atoms with Gasteiger partial charge in [0, 0.05) is 48.7 Å². The number of piperazine rings is 1. The number of nitrogens with zero attached hydrogens (tertiary/aromatic N) is 3. The topological polar surface area (TPSA) is 59.7 Å². The average Bonchev–Trinajstić information content (AvgIpc) is 3.34. The molecule has 0 unspecified atom stereocenters. The zero-order valence-electron chi connectivity index (χ0n) is 21.4. The van der Waals surface area contributed by atoms with Crippen molar-refractivity contribution in [2.24, 2.45) is 0 Å². The number of piperidine rings is 1. The van der Waals surface area contributed by atoms with Crippen LogP contribution in [0.25, 0.3) is 10.9 Å². The summed E-state index contributed by atoms with van der Waals surface area (Å²) in [4.78, 5) is 37.8. The first-order chi connectivity index (χ1) is 18.7. The number of hydrogen-bond donors (Lipinski definition) is 1. The molecule has 0 radical (unpaired) electrons. The number of carbonyl (C=O) groups excluding carboxylic acids is 2. The lowest BCUT2D eigenvalue weighted by Crippen LogP contribution is -2.65. The highest BCUT2D eigenvalue weighted by molar-refractivity contribution is 5.97. The van der Waals surface area contributed by atoms with E-state index in [2.05, 4.69) is 58.4 Å². The van der Waals surface area contributed by atoms with E-state index >= 15 is 0 Å². The molecule has 2 amide bonds. The lowest BCUT2D eigenvalue weighted by Gasteiger charge is -2.49. The van der Waals surface area contributed by atoms with Crippen LogP contribution < -0.4 is 0 Å². The van der Waals surface area contributed by atoms with Gasteiger partial charge in [0.15, 0.2) is 0 Å². The summed E-state index contributed by atoms with van der Waals surface area (Å²) in [6, 6.07) is 28.3. The summed E-state index contributed by atoms with van der Waals surface area (Å²) >= 11 is 0. The lowest BCUT2D eigenvalue weighted by molar-refractivity contribution is -0.161. The number of nitrogens with one attached hydrogen (secondary N) is 1. The predicted molar refractivity (Wildman–Crippen MR) is 147 cm³/mol. The Bertz CT molecular complexity index is 1470. The number of aromatic amines is 1. The Morgan fingerprint density at radius 2 is 1.50 bits per heavy atom. The molecule has 0 aliphatic carbocycles. The first kappa shape index (κ1) is 23.2. The normalized spacial score (nSPS) is 22.5. The first-order valence-electron chi connectivity index (χ1n) is 13.7. The fourth-order valence-electron chi connectivity index (χ4n) is 6.81. The number of H-pyrrole nitrogens is 1. The monoisotopic (exact) mass is 504 g/mol. The molecule has 0 saturated carbocycles. The van der Waals surface area contributed by atoms with E-state index in [0.29, 0.717) is 6.42 Å². The van der Waals surface area contributed by atoms with Gasteiger partial charge in [-0.25, -0.2) is 0 Å². The second kappa shape index (κ2) is 9.44. The highest BCUT2D eigenvalue weighted by Gasteiger charge is 2.49. The number of carbonyl (C=O) groups is 2. The van der Waals surface area contributed by atoms with Gasteiger partial charge in [-0.05, 0) is 35.6 Å². The molecule has 4 heterocycles. The second-order valence-corrected chi connectivity index (χ2v) is 10.9. The molecule has 2 saturated heterocycles. The maximum Gasteiger partial charge on any atom is 0.246 e. The van der Waals surface area contributed by atoms with Gasteiger partial charge in [-0.2, -0.15) is 0 Å². The number of hydrogen-bond acceptors (Lipinski definition) is 3. The molecule has 3 aliphatic rings. The van der Waals surface area contributed by atoms with E-state index in [4.69, 9.17) is 0 Å². The fraction of sp³-hybridized carbons (Fsp3) is 0.312. The first-order valence-corrected chi connectivity index (χ1v) is 13.7. The van der Waals surface area contributed by atoms with E-state index in [1.807, 2.05) is 46.2 Å². The summed E-state index contributed by atoms with van der Waals surface area (Å²) in [5.74, 6) is 0.141. The van der Waals surface area contributed by atoms with E-state index in [-0.39, 0.29) is 30.4 Å². The summed E-state index contributed by atoms with van der Waals surface area (Å²) in [5.41, 5.74) is 5.61. The summed E-state index contributed by atoms with van der Waals surface area (Å²) < 4.78 is 0. The number of rotatable bonds is 4. The van der Waals surface area contributed by atoms with Crippen molar-refractivity contribution in [1.82, 2.24) is 19.7 Å². The van der Waals surface area contributed by atoms with Crippen molar-refractivity contribution in [3.05, 3.63) is 107 Å². The van der Waals surface area contributed by atoms with Crippen LogP contribution in [0.4, 0.5) is 0 Å².